The topological polar surface area (TPSA) is 45.1 Å². The SMILES string of the molecule is COc1ccc([C@@H]2CC(c3ccc(C)cc3C)=NN2C(=O)CN2CCCCC2)cc1. The predicted molar refractivity (Wildman–Crippen MR) is 120 cm³/mol. The molecular weight excluding hydrogens is 374 g/mol. The van der Waals surface area contributed by atoms with Gasteiger partial charge in [-0.1, -0.05) is 42.3 Å². The van der Waals surface area contributed by atoms with Crippen molar-refractivity contribution in [1.29, 1.82) is 0 Å². The highest BCUT2D eigenvalue weighted by Gasteiger charge is 2.34. The van der Waals surface area contributed by atoms with Crippen LogP contribution in [0.2, 0.25) is 0 Å². The molecule has 0 bridgehead atoms. The zero-order valence-electron chi connectivity index (χ0n) is 18.2. The molecule has 5 heteroatoms. The van der Waals surface area contributed by atoms with Crippen LogP contribution in [0, 0.1) is 13.8 Å². The number of nitrogens with zero attached hydrogens (tertiary/aromatic N) is 3. The van der Waals surface area contributed by atoms with Crippen LogP contribution < -0.4 is 4.74 Å². The number of ether oxygens (including phenoxy) is 1. The molecule has 5 nitrogen and oxygen atoms in total. The van der Waals surface area contributed by atoms with Crippen molar-refractivity contribution in [3.05, 3.63) is 64.7 Å². The summed E-state index contributed by atoms with van der Waals surface area (Å²) in [5, 5.41) is 6.58. The van der Waals surface area contributed by atoms with Crippen LogP contribution in [-0.2, 0) is 4.79 Å². The van der Waals surface area contributed by atoms with E-state index in [-0.39, 0.29) is 11.9 Å². The first-order valence-corrected chi connectivity index (χ1v) is 10.9. The Morgan fingerprint density at radius 2 is 1.80 bits per heavy atom. The van der Waals surface area contributed by atoms with Crippen LogP contribution >= 0.6 is 0 Å². The van der Waals surface area contributed by atoms with Crippen molar-refractivity contribution >= 4 is 11.6 Å². The minimum atomic E-state index is -0.0797. The summed E-state index contributed by atoms with van der Waals surface area (Å²) in [5.41, 5.74) is 5.64. The lowest BCUT2D eigenvalue weighted by Gasteiger charge is -2.29. The van der Waals surface area contributed by atoms with Crippen molar-refractivity contribution in [3.63, 3.8) is 0 Å². The van der Waals surface area contributed by atoms with E-state index in [9.17, 15) is 4.79 Å². The third-order valence-corrected chi connectivity index (χ3v) is 6.17. The number of aryl methyl sites for hydroxylation is 2. The van der Waals surface area contributed by atoms with E-state index in [1.165, 1.54) is 30.4 Å². The van der Waals surface area contributed by atoms with Crippen LogP contribution in [-0.4, -0.2) is 48.3 Å². The number of benzene rings is 2. The molecule has 2 aliphatic rings. The van der Waals surface area contributed by atoms with Gasteiger partial charge in [0.15, 0.2) is 0 Å². The number of piperidine rings is 1. The molecule has 158 valence electrons. The zero-order valence-corrected chi connectivity index (χ0v) is 18.2. The first-order valence-electron chi connectivity index (χ1n) is 10.9. The Balaban J connectivity index is 1.62. The number of hydrazone groups is 1. The second-order valence-corrected chi connectivity index (χ2v) is 8.43. The molecule has 1 atom stereocenters. The van der Waals surface area contributed by atoms with Crippen molar-refractivity contribution in [2.45, 2.75) is 45.6 Å². The van der Waals surface area contributed by atoms with Crippen LogP contribution in [0.25, 0.3) is 0 Å². The minimum absolute atomic E-state index is 0.0797. The lowest BCUT2D eigenvalue weighted by Crippen LogP contribution is -2.40. The lowest BCUT2D eigenvalue weighted by atomic mass is 9.95. The predicted octanol–water partition coefficient (Wildman–Crippen LogP) is 4.48. The zero-order chi connectivity index (χ0) is 21.1. The number of hydrogen-bond donors (Lipinski definition) is 0. The first-order chi connectivity index (χ1) is 14.5. The normalized spacial score (nSPS) is 19.6. The second kappa shape index (κ2) is 9.00. The monoisotopic (exact) mass is 405 g/mol. The van der Waals surface area contributed by atoms with Gasteiger partial charge in [0.1, 0.15) is 5.75 Å². The molecule has 0 spiro atoms. The third-order valence-electron chi connectivity index (χ3n) is 6.17. The Bertz CT molecular complexity index is 930. The molecule has 2 heterocycles. The third kappa shape index (κ3) is 4.41. The maximum atomic E-state index is 13.3. The Hall–Kier alpha value is -2.66. The van der Waals surface area contributed by atoms with Gasteiger partial charge >= 0.3 is 0 Å². The van der Waals surface area contributed by atoms with Gasteiger partial charge in [-0.05, 0) is 63.0 Å². The average molecular weight is 406 g/mol. The van der Waals surface area contributed by atoms with Crippen molar-refractivity contribution in [3.8, 4) is 5.75 Å². The van der Waals surface area contributed by atoms with Crippen LogP contribution in [0.4, 0.5) is 0 Å². The van der Waals surface area contributed by atoms with E-state index >= 15 is 0 Å². The molecule has 30 heavy (non-hydrogen) atoms. The van der Waals surface area contributed by atoms with Crippen LogP contribution in [0.3, 0.4) is 0 Å². The van der Waals surface area contributed by atoms with Crippen molar-refractivity contribution in [2.75, 3.05) is 26.7 Å². The summed E-state index contributed by atoms with van der Waals surface area (Å²) >= 11 is 0. The molecule has 1 saturated heterocycles. The van der Waals surface area contributed by atoms with E-state index in [1.807, 2.05) is 24.3 Å². The number of carbonyl (C=O) groups excluding carboxylic acids is 1. The largest absolute Gasteiger partial charge is 0.497 e. The Morgan fingerprint density at radius 3 is 2.47 bits per heavy atom. The fourth-order valence-electron chi connectivity index (χ4n) is 4.51. The van der Waals surface area contributed by atoms with Gasteiger partial charge in [0.25, 0.3) is 5.91 Å². The van der Waals surface area contributed by atoms with Gasteiger partial charge in [-0.3, -0.25) is 9.69 Å². The summed E-state index contributed by atoms with van der Waals surface area (Å²) in [6.45, 7) is 6.66. The first kappa shape index (κ1) is 20.6. The van der Waals surface area contributed by atoms with Gasteiger partial charge in [0.05, 0.1) is 25.4 Å². The number of rotatable bonds is 5. The molecule has 1 fully saturated rings. The van der Waals surface area contributed by atoms with Gasteiger partial charge in [-0.2, -0.15) is 5.10 Å². The summed E-state index contributed by atoms with van der Waals surface area (Å²) in [7, 11) is 1.67. The molecule has 2 aromatic carbocycles. The summed E-state index contributed by atoms with van der Waals surface area (Å²) in [6, 6.07) is 14.4. The number of carbonyl (C=O) groups is 1. The van der Waals surface area contributed by atoms with E-state index < -0.39 is 0 Å². The molecule has 0 N–H and O–H groups in total. The summed E-state index contributed by atoms with van der Waals surface area (Å²) in [6.07, 6.45) is 4.33. The Labute approximate surface area is 179 Å². The number of methoxy groups -OCH3 is 1. The fraction of sp³-hybridized carbons (Fsp3) is 0.440. The molecule has 4 rings (SSSR count). The van der Waals surface area contributed by atoms with Crippen molar-refractivity contribution < 1.29 is 9.53 Å². The van der Waals surface area contributed by atoms with Gasteiger partial charge in [0, 0.05) is 12.0 Å². The van der Waals surface area contributed by atoms with E-state index in [0.29, 0.717) is 6.54 Å². The number of hydrogen-bond acceptors (Lipinski definition) is 4. The quantitative estimate of drug-likeness (QED) is 0.737. The molecular formula is C25H31N3O2. The van der Waals surface area contributed by atoms with Crippen molar-refractivity contribution in [1.82, 2.24) is 9.91 Å². The molecule has 1 amide bonds. The highest BCUT2D eigenvalue weighted by atomic mass is 16.5. The molecule has 2 aliphatic heterocycles. The van der Waals surface area contributed by atoms with Gasteiger partial charge in [0.2, 0.25) is 0 Å². The smallest absolute Gasteiger partial charge is 0.257 e. The standard InChI is InChI=1S/C25H31N3O2/c1-18-7-12-22(19(2)15-18)23-16-24(20-8-10-21(30-3)11-9-20)28(26-23)25(29)17-27-13-5-4-6-14-27/h7-12,15,24H,4-6,13-14,16-17H2,1-3H3/t24-/m0/s1. The molecule has 0 unspecified atom stereocenters. The minimum Gasteiger partial charge on any atom is -0.497 e. The summed E-state index contributed by atoms with van der Waals surface area (Å²) in [4.78, 5) is 15.6. The Morgan fingerprint density at radius 1 is 1.07 bits per heavy atom. The van der Waals surface area contributed by atoms with E-state index in [2.05, 4.69) is 36.9 Å². The fourth-order valence-corrected chi connectivity index (χ4v) is 4.51. The average Bonchev–Trinajstić information content (AvgIpc) is 3.20. The van der Waals surface area contributed by atoms with Crippen LogP contribution in [0.1, 0.15) is 54.0 Å². The number of amides is 1. The maximum Gasteiger partial charge on any atom is 0.257 e. The highest BCUT2D eigenvalue weighted by molar-refractivity contribution is 6.04. The van der Waals surface area contributed by atoms with E-state index in [0.717, 1.165) is 42.1 Å². The van der Waals surface area contributed by atoms with E-state index in [4.69, 9.17) is 9.84 Å². The lowest BCUT2D eigenvalue weighted by molar-refractivity contribution is -0.134. The van der Waals surface area contributed by atoms with Crippen LogP contribution in [0.15, 0.2) is 47.6 Å². The number of likely N-dealkylation sites (tertiary alicyclic amines) is 1. The van der Waals surface area contributed by atoms with Gasteiger partial charge in [-0.25, -0.2) is 5.01 Å². The van der Waals surface area contributed by atoms with Gasteiger partial charge in [-0.15, -0.1) is 0 Å². The molecule has 0 radical (unpaired) electrons. The maximum absolute atomic E-state index is 13.3. The molecule has 0 aromatic heterocycles. The summed E-state index contributed by atoms with van der Waals surface area (Å²) in [5.74, 6) is 0.899. The highest BCUT2D eigenvalue weighted by Crippen LogP contribution is 2.34. The van der Waals surface area contributed by atoms with Gasteiger partial charge < -0.3 is 4.74 Å². The van der Waals surface area contributed by atoms with Crippen molar-refractivity contribution in [2.24, 2.45) is 5.10 Å². The Kier molecular flexibility index (Phi) is 6.18. The molecule has 0 saturated carbocycles. The second-order valence-electron chi connectivity index (χ2n) is 8.43. The molecule has 2 aromatic rings. The van der Waals surface area contributed by atoms with E-state index in [1.54, 1.807) is 12.1 Å². The summed E-state index contributed by atoms with van der Waals surface area (Å²) < 4.78 is 5.31. The van der Waals surface area contributed by atoms with Crippen LogP contribution in [0.5, 0.6) is 5.75 Å². The molecule has 0 aliphatic carbocycles.